The van der Waals surface area contributed by atoms with Gasteiger partial charge in [-0.3, -0.25) is 9.59 Å². The van der Waals surface area contributed by atoms with Crippen LogP contribution >= 0.6 is 0 Å². The molecule has 0 aliphatic carbocycles. The van der Waals surface area contributed by atoms with Gasteiger partial charge in [0.15, 0.2) is 0 Å². The number of rotatable bonds is 35. The minimum atomic E-state index is -2.86. The highest BCUT2D eigenvalue weighted by Crippen LogP contribution is 2.26. The zero-order chi connectivity index (χ0) is 39.1. The van der Waals surface area contributed by atoms with Crippen LogP contribution in [0.4, 0.5) is 17.6 Å². The van der Waals surface area contributed by atoms with Gasteiger partial charge in [0, 0.05) is 25.7 Å². The molecule has 5 nitrogen and oxygen atoms in total. The summed E-state index contributed by atoms with van der Waals surface area (Å²) in [7, 11) is 4.23. The van der Waals surface area contributed by atoms with Crippen LogP contribution in [0.25, 0.3) is 0 Å². The normalized spacial score (nSPS) is 14.4. The monoisotopic (exact) mass is 748 g/mol. The quantitative estimate of drug-likeness (QED) is 0.0280. The molecular formula is C43H77F4NO4. The lowest BCUT2D eigenvalue weighted by atomic mass is 9.90. The van der Waals surface area contributed by atoms with Crippen molar-refractivity contribution < 1.29 is 36.6 Å². The highest BCUT2D eigenvalue weighted by molar-refractivity contribution is 5.70. The minimum Gasteiger partial charge on any atom is -0.458 e. The SMILES string of the molecule is CCCCCC(F)(F)/C=C\C(C)OC(=O)CCCCCCCC(CCCCCCCC(=O)OC(C)/C=C\C(F)(F)CCCCC)CCCCN(C)C. The third-order valence-electron chi connectivity index (χ3n) is 9.54. The Labute approximate surface area is 316 Å². The molecule has 0 saturated carbocycles. The Balaban J connectivity index is 4.26. The van der Waals surface area contributed by atoms with Crippen molar-refractivity contribution in [3.05, 3.63) is 24.3 Å². The predicted octanol–water partition coefficient (Wildman–Crippen LogP) is 13.2. The van der Waals surface area contributed by atoms with Crippen LogP contribution in [0.5, 0.6) is 0 Å². The highest BCUT2D eigenvalue weighted by atomic mass is 19.3. The number of carbonyl (C=O) groups is 2. The summed E-state index contributed by atoms with van der Waals surface area (Å²) >= 11 is 0. The summed E-state index contributed by atoms with van der Waals surface area (Å²) in [6.45, 7) is 8.33. The molecule has 2 unspecified atom stereocenters. The van der Waals surface area contributed by atoms with E-state index in [-0.39, 0.29) is 24.8 Å². The highest BCUT2D eigenvalue weighted by Gasteiger charge is 2.25. The summed E-state index contributed by atoms with van der Waals surface area (Å²) in [5, 5.41) is 0. The standard InChI is InChI=1S/C43H77F4NO4/c1-7-9-22-32-42(44,45)34-30-37(3)51-40(49)28-19-15-11-13-17-25-39(27-21-24-36-48(5)6)26-18-14-12-16-20-29-41(50)52-38(4)31-35-43(46,47)33-23-10-8-2/h30-31,34-35,37-39H,7-29,32-33,36H2,1-6H3/b34-30-,35-31-. The fourth-order valence-electron chi connectivity index (χ4n) is 6.31. The van der Waals surface area contributed by atoms with Gasteiger partial charge < -0.3 is 14.4 Å². The van der Waals surface area contributed by atoms with Crippen molar-refractivity contribution in [3.8, 4) is 0 Å². The Hall–Kier alpha value is -1.90. The molecule has 0 bridgehead atoms. The van der Waals surface area contributed by atoms with Crippen LogP contribution in [0, 0.1) is 5.92 Å². The molecule has 52 heavy (non-hydrogen) atoms. The molecule has 0 amide bonds. The van der Waals surface area contributed by atoms with Gasteiger partial charge in [-0.15, -0.1) is 0 Å². The average molecular weight is 748 g/mol. The molecule has 0 aliphatic heterocycles. The maximum absolute atomic E-state index is 13.9. The van der Waals surface area contributed by atoms with Crippen LogP contribution in [0.15, 0.2) is 24.3 Å². The minimum absolute atomic E-state index is 0.174. The average Bonchev–Trinajstić information content (AvgIpc) is 3.07. The molecule has 2 atom stereocenters. The molecule has 0 spiro atoms. The van der Waals surface area contributed by atoms with Crippen molar-refractivity contribution in [2.45, 2.75) is 212 Å². The maximum Gasteiger partial charge on any atom is 0.306 e. The summed E-state index contributed by atoms with van der Waals surface area (Å²) in [6.07, 6.45) is 24.0. The lowest BCUT2D eigenvalue weighted by Gasteiger charge is -2.18. The van der Waals surface area contributed by atoms with Gasteiger partial charge in [0.1, 0.15) is 12.2 Å². The molecule has 0 aromatic rings. The van der Waals surface area contributed by atoms with Gasteiger partial charge in [0.05, 0.1) is 0 Å². The van der Waals surface area contributed by atoms with E-state index in [1.165, 1.54) is 57.1 Å². The van der Waals surface area contributed by atoms with Crippen LogP contribution in [0.3, 0.4) is 0 Å². The Morgan fingerprint density at radius 2 is 0.923 bits per heavy atom. The fourth-order valence-corrected chi connectivity index (χ4v) is 6.31. The van der Waals surface area contributed by atoms with Gasteiger partial charge in [-0.25, -0.2) is 17.6 Å². The molecule has 0 N–H and O–H groups in total. The van der Waals surface area contributed by atoms with Gasteiger partial charge in [-0.1, -0.05) is 117 Å². The first-order valence-electron chi connectivity index (χ1n) is 20.9. The maximum atomic E-state index is 13.9. The van der Waals surface area contributed by atoms with Crippen molar-refractivity contribution in [2.75, 3.05) is 20.6 Å². The first kappa shape index (κ1) is 50.1. The van der Waals surface area contributed by atoms with E-state index in [2.05, 4.69) is 19.0 Å². The van der Waals surface area contributed by atoms with Crippen LogP contribution in [-0.2, 0) is 19.1 Å². The van der Waals surface area contributed by atoms with E-state index < -0.39 is 24.1 Å². The third-order valence-corrected chi connectivity index (χ3v) is 9.54. The Bertz CT molecular complexity index is 874. The number of hydrogen-bond donors (Lipinski definition) is 0. The first-order chi connectivity index (χ1) is 24.7. The van der Waals surface area contributed by atoms with Crippen LogP contribution < -0.4 is 0 Å². The van der Waals surface area contributed by atoms with Gasteiger partial charge >= 0.3 is 11.9 Å². The molecular weight excluding hydrogens is 670 g/mol. The largest absolute Gasteiger partial charge is 0.458 e. The van der Waals surface area contributed by atoms with Gasteiger partial charge in [0.2, 0.25) is 0 Å². The number of esters is 2. The number of allylic oxidation sites excluding steroid dienone is 2. The van der Waals surface area contributed by atoms with E-state index in [0.29, 0.717) is 31.6 Å². The molecule has 306 valence electrons. The summed E-state index contributed by atoms with van der Waals surface area (Å²) in [5.74, 6) is -5.66. The summed E-state index contributed by atoms with van der Waals surface area (Å²) in [4.78, 5) is 26.6. The number of nitrogens with zero attached hydrogens (tertiary/aromatic N) is 1. The van der Waals surface area contributed by atoms with Crippen molar-refractivity contribution >= 4 is 11.9 Å². The first-order valence-corrected chi connectivity index (χ1v) is 20.9. The predicted molar refractivity (Wildman–Crippen MR) is 208 cm³/mol. The van der Waals surface area contributed by atoms with E-state index in [4.69, 9.17) is 9.47 Å². The van der Waals surface area contributed by atoms with Gasteiger partial charge in [-0.2, -0.15) is 0 Å². The van der Waals surface area contributed by atoms with Crippen LogP contribution in [0.2, 0.25) is 0 Å². The molecule has 0 fully saturated rings. The van der Waals surface area contributed by atoms with Crippen molar-refractivity contribution in [1.82, 2.24) is 4.90 Å². The Morgan fingerprint density at radius 1 is 0.558 bits per heavy atom. The van der Waals surface area contributed by atoms with Crippen molar-refractivity contribution in [1.29, 1.82) is 0 Å². The Kier molecular flexibility index (Phi) is 30.3. The van der Waals surface area contributed by atoms with Crippen LogP contribution in [0.1, 0.15) is 188 Å². The number of hydrogen-bond acceptors (Lipinski definition) is 5. The molecule has 0 saturated heterocycles. The third kappa shape index (κ3) is 32.7. The smallest absolute Gasteiger partial charge is 0.306 e. The Morgan fingerprint density at radius 3 is 1.31 bits per heavy atom. The zero-order valence-electron chi connectivity index (χ0n) is 34.0. The van der Waals surface area contributed by atoms with Crippen LogP contribution in [-0.4, -0.2) is 61.5 Å². The lowest BCUT2D eigenvalue weighted by molar-refractivity contribution is -0.147. The second kappa shape index (κ2) is 31.5. The van der Waals surface area contributed by atoms with E-state index in [0.717, 1.165) is 95.7 Å². The number of carbonyl (C=O) groups excluding carboxylic acids is 2. The topological polar surface area (TPSA) is 55.8 Å². The van der Waals surface area contributed by atoms with E-state index in [9.17, 15) is 27.2 Å². The van der Waals surface area contributed by atoms with E-state index >= 15 is 0 Å². The molecule has 0 aromatic heterocycles. The molecule has 0 rings (SSSR count). The van der Waals surface area contributed by atoms with Gasteiger partial charge in [0.25, 0.3) is 11.8 Å². The summed E-state index contributed by atoms with van der Waals surface area (Å²) in [6, 6.07) is 0. The fraction of sp³-hybridized carbons (Fsp3) is 0.860. The molecule has 0 aromatic carbocycles. The van der Waals surface area contributed by atoms with Gasteiger partial charge in [-0.05, 0) is 96.8 Å². The number of unbranched alkanes of at least 4 members (excludes halogenated alkanes) is 13. The summed E-state index contributed by atoms with van der Waals surface area (Å²) in [5.41, 5.74) is 0. The van der Waals surface area contributed by atoms with Crippen molar-refractivity contribution in [2.24, 2.45) is 5.92 Å². The second-order valence-electron chi connectivity index (χ2n) is 15.3. The van der Waals surface area contributed by atoms with E-state index in [1.807, 2.05) is 13.8 Å². The zero-order valence-corrected chi connectivity index (χ0v) is 34.0. The van der Waals surface area contributed by atoms with Crippen molar-refractivity contribution in [3.63, 3.8) is 0 Å². The molecule has 0 radical (unpaired) electrons. The molecule has 0 aliphatic rings. The number of ether oxygens (including phenoxy) is 2. The second-order valence-corrected chi connectivity index (χ2v) is 15.3. The van der Waals surface area contributed by atoms with E-state index in [1.54, 1.807) is 13.8 Å². The summed E-state index contributed by atoms with van der Waals surface area (Å²) < 4.78 is 66.3. The molecule has 0 heterocycles. The lowest BCUT2D eigenvalue weighted by Crippen LogP contribution is -2.16. The number of halogens is 4. The number of alkyl halides is 4. The molecule has 9 heteroatoms.